The third kappa shape index (κ3) is 5.48. The number of aromatic nitrogens is 1. The maximum Gasteiger partial charge on any atom is 0.255 e. The van der Waals surface area contributed by atoms with E-state index in [-0.39, 0.29) is 5.91 Å². The first kappa shape index (κ1) is 27.1. The van der Waals surface area contributed by atoms with Crippen molar-refractivity contribution in [3.63, 3.8) is 0 Å². The van der Waals surface area contributed by atoms with Gasteiger partial charge in [0.05, 0.1) is 25.8 Å². The number of thiophene rings is 1. The number of likely N-dealkylation sites (N-methyl/N-ethyl adjacent to an activating group) is 1. The van der Waals surface area contributed by atoms with Crippen LogP contribution in [0, 0.1) is 26.7 Å². The first-order valence-corrected chi connectivity index (χ1v) is 14.2. The van der Waals surface area contributed by atoms with Crippen molar-refractivity contribution in [1.82, 2.24) is 14.8 Å². The minimum Gasteiger partial charge on any atom is -0.481 e. The molecule has 4 rings (SSSR count). The monoisotopic (exact) mass is 513 g/mol. The van der Waals surface area contributed by atoms with Crippen LogP contribution in [0.1, 0.15) is 81.0 Å². The van der Waals surface area contributed by atoms with Gasteiger partial charge in [-0.3, -0.25) is 4.79 Å². The summed E-state index contributed by atoms with van der Waals surface area (Å²) in [6, 6.07) is 2.73. The second-order valence-corrected chi connectivity index (χ2v) is 11.9. The minimum atomic E-state index is 0.161. The van der Waals surface area contributed by atoms with Crippen LogP contribution >= 0.6 is 11.3 Å². The molecule has 2 aromatic rings. The van der Waals surface area contributed by atoms with Gasteiger partial charge in [-0.15, -0.1) is 11.3 Å². The van der Waals surface area contributed by atoms with Gasteiger partial charge in [0.25, 0.3) is 5.91 Å². The molecular weight excluding hydrogens is 470 g/mol. The highest BCUT2D eigenvalue weighted by Crippen LogP contribution is 2.44. The summed E-state index contributed by atoms with van der Waals surface area (Å²) in [4.78, 5) is 25.4. The maximum absolute atomic E-state index is 13.7. The highest BCUT2D eigenvalue weighted by Gasteiger charge is 2.34. The normalized spacial score (nSPS) is 21.1. The average molecular weight is 514 g/mol. The topological polar surface area (TPSA) is 54.9 Å². The molecule has 0 radical (unpaired) electrons. The van der Waals surface area contributed by atoms with Gasteiger partial charge in [-0.2, -0.15) is 0 Å². The van der Waals surface area contributed by atoms with Crippen molar-refractivity contribution in [2.24, 2.45) is 5.92 Å². The van der Waals surface area contributed by atoms with Gasteiger partial charge < -0.3 is 19.3 Å². The van der Waals surface area contributed by atoms with Crippen LogP contribution in [0.2, 0.25) is 0 Å². The molecular formula is C29H43N3O3S. The first-order valence-electron chi connectivity index (χ1n) is 13.4. The Morgan fingerprint density at radius 2 is 1.92 bits per heavy atom. The van der Waals surface area contributed by atoms with Crippen molar-refractivity contribution in [3.05, 3.63) is 43.8 Å². The number of nitrogens with zero attached hydrogens (tertiary/aromatic N) is 3. The molecule has 0 spiro atoms. The summed E-state index contributed by atoms with van der Waals surface area (Å²) in [6.45, 7) is 11.7. The average Bonchev–Trinajstić information content (AvgIpc) is 3.21. The zero-order valence-electron chi connectivity index (χ0n) is 23.1. The lowest BCUT2D eigenvalue weighted by molar-refractivity contribution is 0.0726. The molecule has 1 unspecified atom stereocenters. The summed E-state index contributed by atoms with van der Waals surface area (Å²) in [6.07, 6.45) is 5.93. The zero-order valence-corrected chi connectivity index (χ0v) is 24.0. The number of aryl methyl sites for hydroxylation is 2. The quantitative estimate of drug-likeness (QED) is 0.442. The highest BCUT2D eigenvalue weighted by atomic mass is 32.1. The third-order valence-corrected chi connectivity index (χ3v) is 10.0. The standard InChI is InChI=1S/C29H43N3O3S/c1-18-16-19(2)30-28(35-7)24(18)17-32-13-12-25-26(29(32)33)21(4)27(36-25)20(3)22-8-10-23(11-9-22)31(5)14-15-34-6/h16,20,22-23H,8-15,17H2,1-7H3/t20?,22-,23-. The Labute approximate surface area is 221 Å². The predicted octanol–water partition coefficient (Wildman–Crippen LogP) is 5.52. The molecule has 0 saturated heterocycles. The summed E-state index contributed by atoms with van der Waals surface area (Å²) in [5.74, 6) is 1.98. The second kappa shape index (κ2) is 11.6. The maximum atomic E-state index is 13.7. The number of rotatable bonds is 9. The van der Waals surface area contributed by atoms with Gasteiger partial charge >= 0.3 is 0 Å². The minimum absolute atomic E-state index is 0.161. The van der Waals surface area contributed by atoms with E-state index in [1.165, 1.54) is 41.0 Å². The molecule has 1 saturated carbocycles. The number of carbonyl (C=O) groups is 1. The van der Waals surface area contributed by atoms with Gasteiger partial charge in [0, 0.05) is 53.7 Å². The number of ether oxygens (including phenoxy) is 2. The summed E-state index contributed by atoms with van der Waals surface area (Å²) in [5.41, 5.74) is 5.23. The van der Waals surface area contributed by atoms with Crippen LogP contribution in [0.25, 0.3) is 0 Å². The van der Waals surface area contributed by atoms with Crippen molar-refractivity contribution in [3.8, 4) is 5.88 Å². The van der Waals surface area contributed by atoms with Crippen LogP contribution in [-0.4, -0.2) is 67.7 Å². The van der Waals surface area contributed by atoms with Crippen molar-refractivity contribution in [2.75, 3.05) is 41.0 Å². The molecule has 3 heterocycles. The van der Waals surface area contributed by atoms with E-state index in [0.29, 0.717) is 30.3 Å². The summed E-state index contributed by atoms with van der Waals surface area (Å²) >= 11 is 1.90. The van der Waals surface area contributed by atoms with E-state index >= 15 is 0 Å². The van der Waals surface area contributed by atoms with Crippen molar-refractivity contribution < 1.29 is 14.3 Å². The number of hydrogen-bond donors (Lipinski definition) is 0. The molecule has 1 aliphatic carbocycles. The van der Waals surface area contributed by atoms with Gasteiger partial charge in [0.2, 0.25) is 5.88 Å². The number of carbonyl (C=O) groups excluding carboxylic acids is 1. The Hall–Kier alpha value is -1.96. The van der Waals surface area contributed by atoms with E-state index < -0.39 is 0 Å². The van der Waals surface area contributed by atoms with Crippen molar-refractivity contribution in [1.29, 1.82) is 0 Å². The fraction of sp³-hybridized carbons (Fsp3) is 0.655. The van der Waals surface area contributed by atoms with Gasteiger partial charge in [0.1, 0.15) is 0 Å². The van der Waals surface area contributed by atoms with E-state index in [1.54, 1.807) is 14.2 Å². The number of hydrogen-bond acceptors (Lipinski definition) is 6. The molecule has 0 N–H and O–H groups in total. The molecule has 1 atom stereocenters. The van der Waals surface area contributed by atoms with Gasteiger partial charge in [-0.05, 0) is 82.5 Å². The van der Waals surface area contributed by atoms with E-state index in [1.807, 2.05) is 23.2 Å². The summed E-state index contributed by atoms with van der Waals surface area (Å²) < 4.78 is 10.8. The molecule has 1 amide bonds. The van der Waals surface area contributed by atoms with E-state index in [2.05, 4.69) is 43.8 Å². The smallest absolute Gasteiger partial charge is 0.255 e. The zero-order chi connectivity index (χ0) is 26.0. The largest absolute Gasteiger partial charge is 0.481 e. The molecule has 2 aliphatic rings. The lowest BCUT2D eigenvalue weighted by Crippen LogP contribution is -2.37. The van der Waals surface area contributed by atoms with Crippen LogP contribution < -0.4 is 4.74 Å². The Bertz CT molecular complexity index is 1070. The van der Waals surface area contributed by atoms with Crippen LogP contribution in [0.3, 0.4) is 0 Å². The van der Waals surface area contributed by atoms with Crippen LogP contribution in [0.5, 0.6) is 5.88 Å². The highest BCUT2D eigenvalue weighted by molar-refractivity contribution is 7.12. The fourth-order valence-corrected chi connectivity index (χ4v) is 7.62. The molecule has 198 valence electrons. The van der Waals surface area contributed by atoms with Gasteiger partial charge in [-0.25, -0.2) is 4.98 Å². The summed E-state index contributed by atoms with van der Waals surface area (Å²) in [5, 5.41) is 0. The molecule has 0 aromatic carbocycles. The SMILES string of the molecule is COCCN(C)[C@H]1CC[C@H](C(C)c2sc3c(c2C)C(=O)N(Cc2c(C)cc(C)nc2OC)CC3)CC1. The number of amides is 1. The van der Waals surface area contributed by atoms with Crippen molar-refractivity contribution in [2.45, 2.75) is 78.3 Å². The first-order chi connectivity index (χ1) is 17.2. The molecule has 6 nitrogen and oxygen atoms in total. The molecule has 7 heteroatoms. The van der Waals surface area contributed by atoms with Gasteiger partial charge in [-0.1, -0.05) is 6.92 Å². The van der Waals surface area contributed by atoms with Gasteiger partial charge in [0.15, 0.2) is 0 Å². The Kier molecular flexibility index (Phi) is 8.74. The third-order valence-electron chi connectivity index (χ3n) is 8.48. The number of methoxy groups -OCH3 is 2. The fourth-order valence-electron chi connectivity index (χ4n) is 6.19. The molecule has 2 aromatic heterocycles. The Morgan fingerprint density at radius 3 is 2.58 bits per heavy atom. The molecule has 0 bridgehead atoms. The lowest BCUT2D eigenvalue weighted by Gasteiger charge is -2.36. The molecule has 1 aliphatic heterocycles. The van der Waals surface area contributed by atoms with E-state index in [4.69, 9.17) is 9.47 Å². The van der Waals surface area contributed by atoms with E-state index in [9.17, 15) is 4.79 Å². The number of fused-ring (bicyclic) bond motifs is 1. The van der Waals surface area contributed by atoms with Crippen LogP contribution in [0.15, 0.2) is 6.07 Å². The van der Waals surface area contributed by atoms with E-state index in [0.717, 1.165) is 48.5 Å². The Morgan fingerprint density at radius 1 is 1.19 bits per heavy atom. The summed E-state index contributed by atoms with van der Waals surface area (Å²) in [7, 11) is 5.66. The van der Waals surface area contributed by atoms with Crippen LogP contribution in [0.4, 0.5) is 0 Å². The predicted molar refractivity (Wildman–Crippen MR) is 146 cm³/mol. The number of pyridine rings is 1. The molecule has 1 fully saturated rings. The van der Waals surface area contributed by atoms with Crippen molar-refractivity contribution >= 4 is 17.2 Å². The lowest BCUT2D eigenvalue weighted by atomic mass is 9.77. The Balaban J connectivity index is 1.46. The second-order valence-electron chi connectivity index (χ2n) is 10.8. The van der Waals surface area contributed by atoms with Crippen LogP contribution in [-0.2, 0) is 17.7 Å². The molecule has 36 heavy (non-hydrogen) atoms.